The highest BCUT2D eigenvalue weighted by Gasteiger charge is 2.29. The highest BCUT2D eigenvalue weighted by molar-refractivity contribution is 5.62. The molecular formula is C15H18N2. The van der Waals surface area contributed by atoms with E-state index in [1.165, 1.54) is 29.5 Å². The lowest BCUT2D eigenvalue weighted by Crippen LogP contribution is -2.06. The van der Waals surface area contributed by atoms with Crippen LogP contribution in [0.15, 0.2) is 36.7 Å². The summed E-state index contributed by atoms with van der Waals surface area (Å²) in [6.45, 7) is 4.39. The van der Waals surface area contributed by atoms with Crippen LogP contribution in [0.3, 0.4) is 0 Å². The smallest absolute Gasteiger partial charge is 0.0568 e. The molecule has 2 heteroatoms. The topological polar surface area (TPSA) is 17.8 Å². The van der Waals surface area contributed by atoms with Crippen molar-refractivity contribution in [2.24, 2.45) is 5.92 Å². The molecular weight excluding hydrogens is 208 g/mol. The number of rotatable bonds is 3. The summed E-state index contributed by atoms with van der Waals surface area (Å²) in [5.41, 5.74) is 3.78. The summed E-state index contributed by atoms with van der Waals surface area (Å²) in [5, 5.41) is 4.50. The monoisotopic (exact) mass is 226 g/mol. The van der Waals surface area contributed by atoms with Crippen molar-refractivity contribution in [1.82, 2.24) is 9.78 Å². The maximum absolute atomic E-state index is 4.50. The average Bonchev–Trinajstić information content (AvgIpc) is 3.05. The fraction of sp³-hybridized carbons (Fsp3) is 0.400. The SMILES string of the molecule is Cc1cccc(-c2cnn(C(C)C3CC3)c2)c1. The fourth-order valence-corrected chi connectivity index (χ4v) is 2.33. The van der Waals surface area contributed by atoms with E-state index < -0.39 is 0 Å². The summed E-state index contributed by atoms with van der Waals surface area (Å²) < 4.78 is 2.12. The van der Waals surface area contributed by atoms with Gasteiger partial charge >= 0.3 is 0 Å². The molecule has 1 aliphatic carbocycles. The molecule has 1 fully saturated rings. The van der Waals surface area contributed by atoms with Crippen LogP contribution in [-0.2, 0) is 0 Å². The van der Waals surface area contributed by atoms with E-state index in [4.69, 9.17) is 0 Å². The quantitative estimate of drug-likeness (QED) is 0.777. The van der Waals surface area contributed by atoms with Crippen molar-refractivity contribution in [2.45, 2.75) is 32.7 Å². The number of aryl methyl sites for hydroxylation is 1. The predicted molar refractivity (Wildman–Crippen MR) is 69.8 cm³/mol. The van der Waals surface area contributed by atoms with E-state index in [2.05, 4.69) is 54.1 Å². The molecule has 2 nitrogen and oxygen atoms in total. The first-order chi connectivity index (χ1) is 8.24. The van der Waals surface area contributed by atoms with Gasteiger partial charge in [0.1, 0.15) is 0 Å². The molecule has 0 amide bonds. The number of aromatic nitrogens is 2. The van der Waals surface area contributed by atoms with Gasteiger partial charge in [-0.2, -0.15) is 5.10 Å². The zero-order valence-corrected chi connectivity index (χ0v) is 10.4. The molecule has 0 N–H and O–H groups in total. The highest BCUT2D eigenvalue weighted by atomic mass is 15.3. The lowest BCUT2D eigenvalue weighted by Gasteiger charge is -2.09. The maximum Gasteiger partial charge on any atom is 0.0568 e. The lowest BCUT2D eigenvalue weighted by atomic mass is 10.1. The minimum absolute atomic E-state index is 0.550. The molecule has 1 aliphatic rings. The van der Waals surface area contributed by atoms with Crippen LogP contribution in [-0.4, -0.2) is 9.78 Å². The van der Waals surface area contributed by atoms with Crippen molar-refractivity contribution in [2.75, 3.05) is 0 Å². The molecule has 1 heterocycles. The van der Waals surface area contributed by atoms with Gasteiger partial charge in [-0.05, 0) is 38.2 Å². The Kier molecular flexibility index (Phi) is 2.50. The lowest BCUT2D eigenvalue weighted by molar-refractivity contribution is 0.440. The molecule has 17 heavy (non-hydrogen) atoms. The van der Waals surface area contributed by atoms with Crippen LogP contribution >= 0.6 is 0 Å². The Morgan fingerprint density at radius 3 is 2.82 bits per heavy atom. The Bertz CT molecular complexity index is 523. The standard InChI is InChI=1S/C15H18N2/c1-11-4-3-5-14(8-11)15-9-16-17(10-15)12(2)13-6-7-13/h3-5,8-10,12-13H,6-7H2,1-2H3. The number of nitrogens with zero attached hydrogens (tertiary/aromatic N) is 2. The molecule has 1 aromatic heterocycles. The second-order valence-corrected chi connectivity index (χ2v) is 5.16. The summed E-state index contributed by atoms with van der Waals surface area (Å²) >= 11 is 0. The van der Waals surface area contributed by atoms with E-state index in [9.17, 15) is 0 Å². The number of hydrogen-bond donors (Lipinski definition) is 0. The summed E-state index contributed by atoms with van der Waals surface area (Å²) in [6.07, 6.45) is 6.88. The van der Waals surface area contributed by atoms with E-state index in [-0.39, 0.29) is 0 Å². The van der Waals surface area contributed by atoms with Gasteiger partial charge in [-0.3, -0.25) is 4.68 Å². The van der Waals surface area contributed by atoms with Crippen LogP contribution < -0.4 is 0 Å². The molecule has 3 rings (SSSR count). The average molecular weight is 226 g/mol. The van der Waals surface area contributed by atoms with Gasteiger partial charge in [0.15, 0.2) is 0 Å². The third kappa shape index (κ3) is 2.12. The second kappa shape index (κ2) is 4.02. The van der Waals surface area contributed by atoms with Crippen LogP contribution in [0.5, 0.6) is 0 Å². The Morgan fingerprint density at radius 1 is 1.29 bits per heavy atom. The Hall–Kier alpha value is -1.57. The van der Waals surface area contributed by atoms with Crippen LogP contribution in [0.1, 0.15) is 31.4 Å². The Morgan fingerprint density at radius 2 is 2.12 bits per heavy atom. The molecule has 1 unspecified atom stereocenters. The second-order valence-electron chi connectivity index (χ2n) is 5.16. The van der Waals surface area contributed by atoms with Crippen LogP contribution in [0.2, 0.25) is 0 Å². The van der Waals surface area contributed by atoms with Crippen molar-refractivity contribution in [3.05, 3.63) is 42.2 Å². The van der Waals surface area contributed by atoms with Gasteiger partial charge in [0.2, 0.25) is 0 Å². The molecule has 2 aromatic rings. The van der Waals surface area contributed by atoms with E-state index in [1.807, 2.05) is 6.20 Å². The van der Waals surface area contributed by atoms with Gasteiger partial charge < -0.3 is 0 Å². The van der Waals surface area contributed by atoms with Gasteiger partial charge in [0.05, 0.1) is 12.2 Å². The van der Waals surface area contributed by atoms with E-state index in [0.29, 0.717) is 6.04 Å². The van der Waals surface area contributed by atoms with E-state index in [1.54, 1.807) is 0 Å². The van der Waals surface area contributed by atoms with Crippen molar-refractivity contribution in [3.8, 4) is 11.1 Å². The Labute approximate surface area is 102 Å². The molecule has 0 radical (unpaired) electrons. The first-order valence-electron chi connectivity index (χ1n) is 6.35. The van der Waals surface area contributed by atoms with Gasteiger partial charge in [-0.1, -0.05) is 29.8 Å². The summed E-state index contributed by atoms with van der Waals surface area (Å²) in [6, 6.07) is 9.14. The van der Waals surface area contributed by atoms with Crippen molar-refractivity contribution < 1.29 is 0 Å². The van der Waals surface area contributed by atoms with Crippen LogP contribution in [0, 0.1) is 12.8 Å². The van der Waals surface area contributed by atoms with Gasteiger partial charge in [-0.25, -0.2) is 0 Å². The van der Waals surface area contributed by atoms with E-state index >= 15 is 0 Å². The van der Waals surface area contributed by atoms with Gasteiger partial charge in [0.25, 0.3) is 0 Å². The normalized spacial score (nSPS) is 17.1. The molecule has 0 bridgehead atoms. The van der Waals surface area contributed by atoms with Crippen molar-refractivity contribution in [1.29, 1.82) is 0 Å². The van der Waals surface area contributed by atoms with Crippen molar-refractivity contribution in [3.63, 3.8) is 0 Å². The molecule has 1 aromatic carbocycles. The number of benzene rings is 1. The first kappa shape index (κ1) is 10.6. The third-order valence-corrected chi connectivity index (χ3v) is 3.67. The molecule has 1 saturated carbocycles. The molecule has 0 spiro atoms. The van der Waals surface area contributed by atoms with Crippen molar-refractivity contribution >= 4 is 0 Å². The zero-order chi connectivity index (χ0) is 11.8. The minimum atomic E-state index is 0.550. The summed E-state index contributed by atoms with van der Waals surface area (Å²) in [7, 11) is 0. The van der Waals surface area contributed by atoms with E-state index in [0.717, 1.165) is 5.92 Å². The third-order valence-electron chi connectivity index (χ3n) is 3.67. The minimum Gasteiger partial charge on any atom is -0.269 e. The fourth-order valence-electron chi connectivity index (χ4n) is 2.33. The highest BCUT2D eigenvalue weighted by Crippen LogP contribution is 2.39. The maximum atomic E-state index is 4.50. The number of hydrogen-bond acceptors (Lipinski definition) is 1. The first-order valence-corrected chi connectivity index (χ1v) is 6.35. The predicted octanol–water partition coefficient (Wildman–Crippen LogP) is 3.83. The van der Waals surface area contributed by atoms with Gasteiger partial charge in [-0.15, -0.1) is 0 Å². The summed E-state index contributed by atoms with van der Waals surface area (Å²) in [5.74, 6) is 0.847. The molecule has 0 saturated heterocycles. The Balaban J connectivity index is 1.89. The molecule has 1 atom stereocenters. The molecule has 88 valence electrons. The molecule has 0 aliphatic heterocycles. The van der Waals surface area contributed by atoms with Crippen LogP contribution in [0.25, 0.3) is 11.1 Å². The summed E-state index contributed by atoms with van der Waals surface area (Å²) in [4.78, 5) is 0. The van der Waals surface area contributed by atoms with Crippen LogP contribution in [0.4, 0.5) is 0 Å². The van der Waals surface area contributed by atoms with Gasteiger partial charge in [0, 0.05) is 11.8 Å². The zero-order valence-electron chi connectivity index (χ0n) is 10.4. The largest absolute Gasteiger partial charge is 0.269 e.